The highest BCUT2D eigenvalue weighted by Crippen LogP contribution is 2.48. The van der Waals surface area contributed by atoms with Gasteiger partial charge in [0.25, 0.3) is 0 Å². The molecule has 0 spiro atoms. The molecule has 4 heterocycles. The molecule has 414 valence electrons. The molecule has 76 heavy (non-hydrogen) atoms. The van der Waals surface area contributed by atoms with Gasteiger partial charge < -0.3 is 43.3 Å². The summed E-state index contributed by atoms with van der Waals surface area (Å²) in [7, 11) is 5.65. The van der Waals surface area contributed by atoms with Crippen molar-refractivity contribution in [2.45, 2.75) is 133 Å². The Balaban J connectivity index is 1.12. The highest BCUT2D eigenvalue weighted by Gasteiger charge is 2.44. The van der Waals surface area contributed by atoms with E-state index in [1.54, 1.807) is 30.8 Å². The third-order valence-electron chi connectivity index (χ3n) is 16.7. The third-order valence-corrected chi connectivity index (χ3v) is 19.9. The lowest BCUT2D eigenvalue weighted by Crippen LogP contribution is -2.47. The number of benzene rings is 3. The predicted octanol–water partition coefficient (Wildman–Crippen LogP) is 8.08. The van der Waals surface area contributed by atoms with E-state index in [0.29, 0.717) is 70.6 Å². The van der Waals surface area contributed by atoms with Gasteiger partial charge in [0.1, 0.15) is 5.69 Å². The van der Waals surface area contributed by atoms with E-state index >= 15 is 8.78 Å². The molecular formula is C58H78F2N4O11Si. The molecule has 0 aromatic heterocycles. The smallest absolute Gasteiger partial charge is 0.306 e. The summed E-state index contributed by atoms with van der Waals surface area (Å²) in [6.45, 7) is 10.3. The summed E-state index contributed by atoms with van der Waals surface area (Å²) in [6, 6.07) is 18.3. The molecule has 0 aliphatic carbocycles. The highest BCUT2D eigenvalue weighted by molar-refractivity contribution is 6.77. The van der Waals surface area contributed by atoms with Crippen molar-refractivity contribution in [3.8, 4) is 0 Å². The molecule has 4 saturated heterocycles. The number of carbonyl (C=O) groups excluding carboxylic acids is 6. The fourth-order valence-corrected chi connectivity index (χ4v) is 13.9. The van der Waals surface area contributed by atoms with E-state index in [2.05, 4.69) is 18.0 Å². The number of nitrogens with zero attached hydrogens (tertiary/aromatic N) is 4. The van der Waals surface area contributed by atoms with Crippen LogP contribution in [0.5, 0.6) is 0 Å². The number of esters is 2. The van der Waals surface area contributed by atoms with E-state index in [4.69, 9.17) is 23.7 Å². The highest BCUT2D eigenvalue weighted by atomic mass is 28.3. The third kappa shape index (κ3) is 13.4. The molecule has 18 heteroatoms. The van der Waals surface area contributed by atoms with E-state index in [9.17, 15) is 28.8 Å². The summed E-state index contributed by atoms with van der Waals surface area (Å²) in [5.41, 5.74) is 3.71. The zero-order valence-corrected chi connectivity index (χ0v) is 46.8. The number of methoxy groups -OCH3 is 5. The molecule has 4 aliphatic rings. The summed E-state index contributed by atoms with van der Waals surface area (Å²) in [5.74, 6) is -4.94. The van der Waals surface area contributed by atoms with Crippen molar-refractivity contribution in [2.24, 2.45) is 17.8 Å². The fourth-order valence-electron chi connectivity index (χ4n) is 11.9. The Bertz CT molecular complexity index is 2520. The number of anilines is 2. The molecule has 3 aromatic rings. The first-order valence-corrected chi connectivity index (χ1v) is 30.3. The maximum Gasteiger partial charge on any atom is 0.306 e. The maximum atomic E-state index is 16.5. The SMILES string of the molecule is COC[C@H]1C[C@@H](C(=O)Cc2ccc([C@@H]3CC[C@@H](c4ccc(CC(=O)[C@@H]5CCCN5C(=O)[C@@H](CC(=O)OC)[C@@H](C)OC)cc4)N3c3cc(F)c(N4CC[Si](C)(C)CC4)c(F)c3)cc2)N(C(=O)[C@@H](CC(=O)OC)[C@@H](C)OC)C1. The Labute approximate surface area is 447 Å². The van der Waals surface area contributed by atoms with Crippen LogP contribution < -0.4 is 9.80 Å². The minimum absolute atomic E-state index is 0.00146. The average molecular weight is 1070 g/mol. The Kier molecular flexibility index (Phi) is 19.7. The first kappa shape index (κ1) is 58.1. The lowest BCUT2D eigenvalue weighted by Gasteiger charge is -2.38. The normalized spacial score (nSPS) is 23.0. The minimum Gasteiger partial charge on any atom is -0.469 e. The second-order valence-corrected chi connectivity index (χ2v) is 27.4. The number of ketones is 2. The van der Waals surface area contributed by atoms with Crippen LogP contribution in [0.25, 0.3) is 0 Å². The van der Waals surface area contributed by atoms with Crippen LogP contribution in [0.2, 0.25) is 25.2 Å². The first-order chi connectivity index (χ1) is 36.3. The van der Waals surface area contributed by atoms with Crippen LogP contribution in [-0.2, 0) is 65.3 Å². The molecule has 0 bridgehead atoms. The van der Waals surface area contributed by atoms with Gasteiger partial charge in [0.15, 0.2) is 23.2 Å². The Morgan fingerprint density at radius 1 is 0.645 bits per heavy atom. The molecular weight excluding hydrogens is 995 g/mol. The van der Waals surface area contributed by atoms with Gasteiger partial charge in [-0.1, -0.05) is 61.6 Å². The summed E-state index contributed by atoms with van der Waals surface area (Å²) in [5, 5.41) is 0. The van der Waals surface area contributed by atoms with Gasteiger partial charge in [-0.15, -0.1) is 0 Å². The molecule has 0 N–H and O–H groups in total. The van der Waals surface area contributed by atoms with Crippen molar-refractivity contribution < 1.29 is 61.2 Å². The van der Waals surface area contributed by atoms with Crippen LogP contribution in [0.3, 0.4) is 0 Å². The predicted molar refractivity (Wildman–Crippen MR) is 287 cm³/mol. The van der Waals surface area contributed by atoms with Crippen molar-refractivity contribution in [2.75, 3.05) is 78.1 Å². The monoisotopic (exact) mass is 1070 g/mol. The molecule has 0 unspecified atom stereocenters. The largest absolute Gasteiger partial charge is 0.469 e. The van der Waals surface area contributed by atoms with Crippen LogP contribution >= 0.6 is 0 Å². The van der Waals surface area contributed by atoms with Gasteiger partial charge >= 0.3 is 11.9 Å². The molecule has 2 amide bonds. The number of Topliss-reactive ketones (excluding diaryl/α,β-unsaturated/α-hetero) is 2. The standard InChI is InChI=1S/C58H78F2N4O11Si/c1-36(72-4)44(32-54(67)74-6)57(69)62-22-10-11-50(62)52(65)28-38-12-16-41(17-13-38)48-20-21-49(64(48)43-30-46(59)56(47(60)31-43)61-23-25-76(8,9)26-24-61)42-18-14-39(15-19-42)29-53(66)51-27-40(35-71-3)34-63(51)58(70)45(37(2)73-5)33-55(68)75-7/h12-19,30-31,36-37,40,44-45,48-51H,10-11,20-29,32-35H2,1-9H3/t36-,37-,40+,44+,45+,48+,49+,50+,51+/m1/s1. The first-order valence-electron chi connectivity index (χ1n) is 26.9. The topological polar surface area (TPSA) is 162 Å². The molecule has 4 fully saturated rings. The number of likely N-dealkylation sites (tertiary alicyclic amines) is 2. The van der Waals surface area contributed by atoms with Crippen LogP contribution in [-0.4, -0.2) is 146 Å². The molecule has 15 nitrogen and oxygen atoms in total. The van der Waals surface area contributed by atoms with Crippen molar-refractivity contribution in [1.29, 1.82) is 0 Å². The molecule has 4 aliphatic heterocycles. The zero-order chi connectivity index (χ0) is 55.0. The number of hydrogen-bond donors (Lipinski definition) is 0. The van der Waals surface area contributed by atoms with Gasteiger partial charge in [0, 0.05) is 72.0 Å². The fraction of sp³-hybridized carbons (Fsp3) is 0.586. The van der Waals surface area contributed by atoms with Crippen molar-refractivity contribution in [1.82, 2.24) is 9.80 Å². The van der Waals surface area contributed by atoms with E-state index in [-0.39, 0.29) is 72.8 Å². The van der Waals surface area contributed by atoms with Crippen molar-refractivity contribution >= 4 is 54.8 Å². The molecule has 0 radical (unpaired) electrons. The summed E-state index contributed by atoms with van der Waals surface area (Å²) in [6.07, 6.45) is 1.50. The van der Waals surface area contributed by atoms with E-state index in [1.165, 1.54) is 40.6 Å². The van der Waals surface area contributed by atoms with E-state index in [1.807, 2.05) is 53.4 Å². The average Bonchev–Trinajstić information content (AvgIpc) is 4.21. The lowest BCUT2D eigenvalue weighted by atomic mass is 9.95. The molecule has 0 saturated carbocycles. The van der Waals surface area contributed by atoms with Gasteiger partial charge in [0.2, 0.25) is 11.8 Å². The quantitative estimate of drug-likeness (QED) is 0.0702. The Morgan fingerprint density at radius 3 is 1.58 bits per heavy atom. The number of hydrogen-bond acceptors (Lipinski definition) is 13. The summed E-state index contributed by atoms with van der Waals surface area (Å²) in [4.78, 5) is 87.9. The van der Waals surface area contributed by atoms with Gasteiger partial charge in [0.05, 0.1) is 90.0 Å². The van der Waals surface area contributed by atoms with Crippen LogP contribution in [0, 0.1) is 29.4 Å². The van der Waals surface area contributed by atoms with Crippen molar-refractivity contribution in [3.05, 3.63) is 94.6 Å². The minimum atomic E-state index is -1.42. The number of halogens is 2. The van der Waals surface area contributed by atoms with Gasteiger partial charge in [-0.3, -0.25) is 28.8 Å². The number of ether oxygens (including phenoxy) is 5. The molecule has 7 rings (SSSR count). The van der Waals surface area contributed by atoms with E-state index < -0.39 is 67.8 Å². The van der Waals surface area contributed by atoms with Gasteiger partial charge in [-0.05, 0) is 92.4 Å². The molecule has 9 atom stereocenters. The van der Waals surface area contributed by atoms with Crippen LogP contribution in [0.15, 0.2) is 60.7 Å². The summed E-state index contributed by atoms with van der Waals surface area (Å²) < 4.78 is 59.2. The Hall–Kier alpha value is -5.56. The Morgan fingerprint density at radius 2 is 1.12 bits per heavy atom. The van der Waals surface area contributed by atoms with Gasteiger partial charge in [-0.2, -0.15) is 0 Å². The number of amides is 2. The zero-order valence-electron chi connectivity index (χ0n) is 45.8. The van der Waals surface area contributed by atoms with Crippen LogP contribution in [0.1, 0.15) is 93.1 Å². The van der Waals surface area contributed by atoms with Crippen molar-refractivity contribution in [3.63, 3.8) is 0 Å². The molecule has 3 aromatic carbocycles. The maximum absolute atomic E-state index is 16.5. The van der Waals surface area contributed by atoms with E-state index in [0.717, 1.165) is 34.3 Å². The number of carbonyl (C=O) groups is 6. The van der Waals surface area contributed by atoms with Crippen LogP contribution in [0.4, 0.5) is 20.2 Å². The summed E-state index contributed by atoms with van der Waals surface area (Å²) >= 11 is 0. The number of rotatable bonds is 22. The lowest BCUT2D eigenvalue weighted by molar-refractivity contribution is -0.152. The second kappa shape index (κ2) is 25.7. The second-order valence-electron chi connectivity index (χ2n) is 22.1. The van der Waals surface area contributed by atoms with Gasteiger partial charge in [-0.25, -0.2) is 8.78 Å².